The van der Waals surface area contributed by atoms with E-state index < -0.39 is 64.9 Å². The Bertz CT molecular complexity index is 2460. The van der Waals surface area contributed by atoms with Gasteiger partial charge in [-0.2, -0.15) is 0 Å². The molecule has 4 saturated carbocycles. The lowest BCUT2D eigenvalue weighted by Crippen LogP contribution is -2.63. The maximum absolute atomic E-state index is 14.7. The van der Waals surface area contributed by atoms with Crippen LogP contribution in [0, 0.1) is 64.1 Å². The summed E-state index contributed by atoms with van der Waals surface area (Å²) in [5, 5.41) is 23.1. The molecule has 1 aromatic rings. The number of allylic oxidation sites excluding steroid dienone is 4. The number of fused-ring (bicyclic) bond motifs is 8. The molecule has 13 atom stereocenters. The Labute approximate surface area is 471 Å². The van der Waals surface area contributed by atoms with Gasteiger partial charge in [-0.1, -0.05) is 52.7 Å². The number of aliphatic hydroxyl groups excluding tert-OH is 1. The Hall–Kier alpha value is -5.20. The van der Waals surface area contributed by atoms with Crippen molar-refractivity contribution in [1.29, 1.82) is 0 Å². The first-order chi connectivity index (χ1) is 38.5. The molecule has 0 bridgehead atoms. The summed E-state index contributed by atoms with van der Waals surface area (Å²) < 4.78 is 47.0. The molecule has 1 saturated heterocycles. The summed E-state index contributed by atoms with van der Waals surface area (Å²) in [6.07, 6.45) is 11.2. The van der Waals surface area contributed by atoms with Gasteiger partial charge in [0.25, 0.3) is 0 Å². The number of anilines is 1. The van der Waals surface area contributed by atoms with E-state index >= 15 is 0 Å². The number of amides is 4. The van der Waals surface area contributed by atoms with Crippen LogP contribution in [0.5, 0.6) is 5.75 Å². The van der Waals surface area contributed by atoms with Gasteiger partial charge in [-0.15, -0.1) is 11.8 Å². The van der Waals surface area contributed by atoms with Crippen LogP contribution in [0.25, 0.3) is 0 Å². The standard InChI is InChI=1S/C61H86N4O15/c1-7-12-53-79-51-34-48-46-20-15-40-33-42(66)21-23-59(40,5)54(46)49(67)35-60(48,6)61(51,80-53)50(68)37-77-43-18-16-41(17-19-43)64-56(70)39(4)63-57(71)55(38(2)3)65-52(69)22-25-73-27-29-75-31-32-76-30-28-74-26-24-62-58(72)78-36-47-44-13-10-8-9-11-14-45(44)47/h16-19,21,23,33,38-39,44-49,51,53-55,67H,7,10-15,20,22,24-32,34-37H2,1-6H3,(H,62,72)(H,63,71)(H,64,70)(H,65,69)/t39-,44?,45?,46-,47?,48-,49-,51+,53+,54+,55-,59-,60-,61+/m0/s1. The Morgan fingerprint density at radius 2 is 1.50 bits per heavy atom. The van der Waals surface area contributed by atoms with Crippen LogP contribution in [-0.2, 0) is 57.1 Å². The van der Waals surface area contributed by atoms with Gasteiger partial charge >= 0.3 is 6.09 Å². The smallest absolute Gasteiger partial charge is 0.407 e. The van der Waals surface area contributed by atoms with Crippen LogP contribution in [0.1, 0.15) is 112 Å². The van der Waals surface area contributed by atoms with Crippen molar-refractivity contribution in [2.75, 3.05) is 77.9 Å². The summed E-state index contributed by atoms with van der Waals surface area (Å²) in [5.74, 6) is 6.64. The number of ketones is 2. The third-order valence-corrected chi connectivity index (χ3v) is 18.1. The highest BCUT2D eigenvalue weighted by atomic mass is 16.7. The molecule has 1 aliphatic heterocycles. The number of benzene rings is 1. The van der Waals surface area contributed by atoms with Gasteiger partial charge in [0, 0.05) is 48.2 Å². The molecule has 80 heavy (non-hydrogen) atoms. The molecule has 7 aliphatic rings. The highest BCUT2D eigenvalue weighted by molar-refractivity contribution is 6.01. The topological polar surface area (TPSA) is 245 Å². The van der Waals surface area contributed by atoms with Crippen molar-refractivity contribution in [2.45, 2.75) is 148 Å². The van der Waals surface area contributed by atoms with E-state index in [0.29, 0.717) is 101 Å². The van der Waals surface area contributed by atoms with Gasteiger partial charge < -0.3 is 64.3 Å². The van der Waals surface area contributed by atoms with E-state index in [-0.39, 0.29) is 67.4 Å². The summed E-state index contributed by atoms with van der Waals surface area (Å²) in [6, 6.07) is 4.74. The van der Waals surface area contributed by atoms with Gasteiger partial charge in [0.05, 0.1) is 71.7 Å². The third kappa shape index (κ3) is 14.2. The zero-order chi connectivity index (χ0) is 57.0. The second kappa shape index (κ2) is 27.7. The zero-order valence-electron chi connectivity index (χ0n) is 47.7. The number of rotatable bonds is 29. The van der Waals surface area contributed by atoms with Gasteiger partial charge in [0.15, 0.2) is 17.7 Å². The number of nitrogens with one attached hydrogen (secondary N) is 4. The molecule has 1 heterocycles. The Balaban J connectivity index is 0.682. The third-order valence-electron chi connectivity index (χ3n) is 18.1. The van der Waals surface area contributed by atoms with Gasteiger partial charge in [-0.3, -0.25) is 24.0 Å². The van der Waals surface area contributed by atoms with Crippen LogP contribution in [-0.4, -0.2) is 149 Å². The van der Waals surface area contributed by atoms with Crippen molar-refractivity contribution < 1.29 is 71.8 Å². The van der Waals surface area contributed by atoms with Crippen LogP contribution in [0.4, 0.5) is 10.5 Å². The normalized spacial score (nSPS) is 31.4. The number of hydrogen-bond donors (Lipinski definition) is 5. The lowest BCUT2D eigenvalue weighted by atomic mass is 9.46. The molecule has 0 radical (unpaired) electrons. The summed E-state index contributed by atoms with van der Waals surface area (Å²) in [4.78, 5) is 78.6. The molecule has 440 valence electrons. The second-order valence-corrected chi connectivity index (χ2v) is 23.5. The van der Waals surface area contributed by atoms with Gasteiger partial charge in [-0.25, -0.2) is 4.79 Å². The predicted octanol–water partition coefficient (Wildman–Crippen LogP) is 6.01. The van der Waals surface area contributed by atoms with Crippen LogP contribution >= 0.6 is 0 Å². The number of aliphatic hydroxyl groups is 1. The fourth-order valence-electron chi connectivity index (χ4n) is 14.0. The fourth-order valence-corrected chi connectivity index (χ4v) is 14.0. The monoisotopic (exact) mass is 1110 g/mol. The Morgan fingerprint density at radius 1 is 0.838 bits per heavy atom. The first kappa shape index (κ1) is 60.9. The average Bonchev–Trinajstić information content (AvgIpc) is 3.28. The van der Waals surface area contributed by atoms with E-state index in [1.165, 1.54) is 0 Å². The Morgan fingerprint density at radius 3 is 2.16 bits per heavy atom. The first-order valence-electron chi connectivity index (χ1n) is 29.3. The number of ether oxygens (including phenoxy) is 8. The summed E-state index contributed by atoms with van der Waals surface area (Å²) in [5.41, 5.74) is -0.998. The quantitative estimate of drug-likeness (QED) is 0.0456. The lowest BCUT2D eigenvalue weighted by Gasteiger charge is -2.59. The van der Waals surface area contributed by atoms with Gasteiger partial charge in [0.2, 0.25) is 23.5 Å². The van der Waals surface area contributed by atoms with E-state index in [4.69, 9.17) is 37.9 Å². The van der Waals surface area contributed by atoms with E-state index in [9.17, 15) is 33.9 Å². The molecule has 2 unspecified atom stereocenters. The molecular weight excluding hydrogens is 1030 g/mol. The summed E-state index contributed by atoms with van der Waals surface area (Å²) >= 11 is 0. The number of alkyl carbamates (subject to hydrolysis) is 1. The van der Waals surface area contributed by atoms with Crippen molar-refractivity contribution in [3.8, 4) is 17.6 Å². The SMILES string of the molecule is CCC[C@@H]1O[C@@H]2C[C@H]3[C@@H]4CCC5=CC(=O)C=C[C@]5(C)[C@H]4[C@@H](O)C[C@]3(C)[C@]2(C(=O)COc2ccc(NC(=O)[C@H](C)NC(=O)[C@@H](NC(=O)CCOCCOCCOCCOCCNC(=O)OCC3C4CCC#CCCC43)C(C)C)cc2)O1. The number of carbonyl (C=O) groups is 6. The maximum atomic E-state index is 14.7. The zero-order valence-corrected chi connectivity index (χ0v) is 47.7. The molecule has 1 aromatic carbocycles. The molecule has 0 spiro atoms. The van der Waals surface area contributed by atoms with Crippen molar-refractivity contribution in [1.82, 2.24) is 16.0 Å². The number of Topliss-reactive ketones (excluding diaryl/α,β-unsaturated/α-hetero) is 1. The molecule has 6 aliphatic carbocycles. The van der Waals surface area contributed by atoms with Crippen molar-refractivity contribution >= 4 is 41.1 Å². The van der Waals surface area contributed by atoms with Crippen molar-refractivity contribution in [3.05, 3.63) is 48.1 Å². The number of carbonyl (C=O) groups excluding carboxylic acids is 6. The predicted molar refractivity (Wildman–Crippen MR) is 295 cm³/mol. The van der Waals surface area contributed by atoms with Crippen LogP contribution in [0.2, 0.25) is 0 Å². The Kier molecular flexibility index (Phi) is 21.1. The van der Waals surface area contributed by atoms with Crippen molar-refractivity contribution in [3.63, 3.8) is 0 Å². The molecule has 0 aromatic heterocycles. The van der Waals surface area contributed by atoms with E-state index in [0.717, 1.165) is 50.5 Å². The molecule has 5 N–H and O–H groups in total. The lowest BCUT2D eigenvalue weighted by molar-refractivity contribution is -0.200. The summed E-state index contributed by atoms with van der Waals surface area (Å²) in [7, 11) is 0. The highest BCUT2D eigenvalue weighted by Gasteiger charge is 2.76. The molecule has 4 amide bonds. The molecule has 5 fully saturated rings. The van der Waals surface area contributed by atoms with Crippen LogP contribution < -0.4 is 26.0 Å². The maximum Gasteiger partial charge on any atom is 0.407 e. The molecule has 19 heteroatoms. The second-order valence-electron chi connectivity index (χ2n) is 23.5. The van der Waals surface area contributed by atoms with Crippen LogP contribution in [0.15, 0.2) is 48.1 Å². The van der Waals surface area contributed by atoms with Crippen LogP contribution in [0.3, 0.4) is 0 Å². The van der Waals surface area contributed by atoms with E-state index in [2.05, 4.69) is 47.0 Å². The molecular formula is C61H86N4O15. The molecule has 8 rings (SSSR count). The molecule has 19 nitrogen and oxygen atoms in total. The minimum absolute atomic E-state index is 0.0191. The number of hydrogen-bond acceptors (Lipinski definition) is 15. The average molecular weight is 1120 g/mol. The summed E-state index contributed by atoms with van der Waals surface area (Å²) in [6.45, 7) is 14.4. The van der Waals surface area contributed by atoms with E-state index in [1.807, 2.05) is 13.0 Å². The minimum atomic E-state index is -1.32. The fraction of sp³-hybridized carbons (Fsp3) is 0.705. The largest absolute Gasteiger partial charge is 0.486 e. The minimum Gasteiger partial charge on any atom is -0.486 e. The van der Waals surface area contributed by atoms with Gasteiger partial charge in [0.1, 0.15) is 24.4 Å². The van der Waals surface area contributed by atoms with E-state index in [1.54, 1.807) is 57.2 Å². The first-order valence-corrected chi connectivity index (χ1v) is 29.3. The van der Waals surface area contributed by atoms with Gasteiger partial charge in [-0.05, 0) is 124 Å². The van der Waals surface area contributed by atoms with Crippen molar-refractivity contribution in [2.24, 2.45) is 52.3 Å². The highest BCUT2D eigenvalue weighted by Crippen LogP contribution is 2.70.